The normalized spacial score (nSPS) is 31.4. The summed E-state index contributed by atoms with van der Waals surface area (Å²) >= 11 is 0. The van der Waals surface area contributed by atoms with Crippen LogP contribution in [0.25, 0.3) is 0 Å². The van der Waals surface area contributed by atoms with Crippen molar-refractivity contribution in [3.05, 3.63) is 0 Å². The molecule has 0 bridgehead atoms. The van der Waals surface area contributed by atoms with Crippen LogP contribution in [-0.2, 0) is 4.79 Å². The van der Waals surface area contributed by atoms with Gasteiger partial charge in [0.05, 0.1) is 6.04 Å². The molecule has 2 rings (SSSR count). The fraction of sp³-hybridized carbons (Fsp3) is 0.917. The number of carbonyl (C=O) groups is 1. The molecular formula is C12H22N2O2. The van der Waals surface area contributed by atoms with Crippen LogP contribution >= 0.6 is 0 Å². The topological polar surface area (TPSA) is 61.4 Å². The van der Waals surface area contributed by atoms with Crippen molar-refractivity contribution in [3.63, 3.8) is 0 Å². The van der Waals surface area contributed by atoms with E-state index in [4.69, 9.17) is 0 Å². The zero-order valence-corrected chi connectivity index (χ0v) is 9.91. The van der Waals surface area contributed by atoms with Crippen molar-refractivity contribution in [2.24, 2.45) is 5.92 Å². The number of hydrogen-bond donors (Lipinski definition) is 3. The van der Waals surface area contributed by atoms with Gasteiger partial charge in [0.2, 0.25) is 5.91 Å². The van der Waals surface area contributed by atoms with E-state index in [1.807, 2.05) is 6.92 Å². The summed E-state index contributed by atoms with van der Waals surface area (Å²) in [4.78, 5) is 11.7. The van der Waals surface area contributed by atoms with Crippen LogP contribution in [0.4, 0.5) is 0 Å². The van der Waals surface area contributed by atoms with E-state index in [1.165, 1.54) is 0 Å². The fourth-order valence-electron chi connectivity index (χ4n) is 2.43. The lowest BCUT2D eigenvalue weighted by Crippen LogP contribution is -2.48. The number of aliphatic hydroxyl groups excluding tert-OH is 1. The van der Waals surface area contributed by atoms with Crippen LogP contribution in [0.3, 0.4) is 0 Å². The molecule has 0 aromatic heterocycles. The Morgan fingerprint density at radius 2 is 2.12 bits per heavy atom. The van der Waals surface area contributed by atoms with Crippen LogP contribution < -0.4 is 10.6 Å². The number of carbonyl (C=O) groups excluding carboxylic acids is 1. The Kier molecular flexibility index (Phi) is 3.82. The van der Waals surface area contributed by atoms with E-state index in [2.05, 4.69) is 10.6 Å². The van der Waals surface area contributed by atoms with E-state index < -0.39 is 0 Å². The van der Waals surface area contributed by atoms with Gasteiger partial charge in [0.15, 0.2) is 0 Å². The standard InChI is InChI=1S/C12H22N2O2/c1-8(12(16)14-10-5-6-10)13-11-4-2-3-9(11)7-15/h8-11,13,15H,2-7H2,1H3,(H,14,16). The highest BCUT2D eigenvalue weighted by molar-refractivity contribution is 5.81. The average molecular weight is 226 g/mol. The zero-order chi connectivity index (χ0) is 11.5. The summed E-state index contributed by atoms with van der Waals surface area (Å²) in [6.07, 6.45) is 5.56. The van der Waals surface area contributed by atoms with Gasteiger partial charge in [-0.2, -0.15) is 0 Å². The largest absolute Gasteiger partial charge is 0.396 e. The lowest BCUT2D eigenvalue weighted by atomic mass is 10.0. The third-order valence-corrected chi connectivity index (χ3v) is 3.67. The molecule has 0 saturated heterocycles. The molecule has 0 spiro atoms. The first-order valence-corrected chi connectivity index (χ1v) is 6.38. The summed E-state index contributed by atoms with van der Waals surface area (Å²) in [6, 6.07) is 0.594. The van der Waals surface area contributed by atoms with Gasteiger partial charge in [0, 0.05) is 18.7 Å². The van der Waals surface area contributed by atoms with Gasteiger partial charge < -0.3 is 15.7 Å². The van der Waals surface area contributed by atoms with Crippen molar-refractivity contribution in [3.8, 4) is 0 Å². The van der Waals surface area contributed by atoms with E-state index in [9.17, 15) is 9.90 Å². The van der Waals surface area contributed by atoms with Crippen molar-refractivity contribution in [2.75, 3.05) is 6.61 Å². The lowest BCUT2D eigenvalue weighted by molar-refractivity contribution is -0.123. The van der Waals surface area contributed by atoms with Gasteiger partial charge in [-0.05, 0) is 38.5 Å². The summed E-state index contributed by atoms with van der Waals surface area (Å²) in [5.74, 6) is 0.433. The van der Waals surface area contributed by atoms with Crippen LogP contribution in [0, 0.1) is 5.92 Å². The molecule has 1 amide bonds. The minimum Gasteiger partial charge on any atom is -0.396 e. The predicted molar refractivity (Wildman–Crippen MR) is 62.0 cm³/mol. The zero-order valence-electron chi connectivity index (χ0n) is 9.91. The smallest absolute Gasteiger partial charge is 0.237 e. The van der Waals surface area contributed by atoms with Crippen molar-refractivity contribution in [1.82, 2.24) is 10.6 Å². The van der Waals surface area contributed by atoms with Crippen molar-refractivity contribution >= 4 is 5.91 Å². The molecule has 0 heterocycles. The van der Waals surface area contributed by atoms with Crippen LogP contribution in [0.15, 0.2) is 0 Å². The Labute approximate surface area is 96.8 Å². The Hall–Kier alpha value is -0.610. The minimum atomic E-state index is -0.141. The quantitative estimate of drug-likeness (QED) is 0.636. The third-order valence-electron chi connectivity index (χ3n) is 3.67. The first-order chi connectivity index (χ1) is 7.70. The molecule has 2 aliphatic rings. The number of nitrogens with one attached hydrogen (secondary N) is 2. The third kappa shape index (κ3) is 2.95. The maximum Gasteiger partial charge on any atom is 0.237 e. The van der Waals surface area contributed by atoms with E-state index >= 15 is 0 Å². The summed E-state index contributed by atoms with van der Waals surface area (Å²) in [5, 5.41) is 15.5. The van der Waals surface area contributed by atoms with E-state index in [-0.39, 0.29) is 18.6 Å². The van der Waals surface area contributed by atoms with Gasteiger partial charge in [-0.1, -0.05) is 6.42 Å². The monoisotopic (exact) mass is 226 g/mol. The molecular weight excluding hydrogens is 204 g/mol. The van der Waals surface area contributed by atoms with Crippen LogP contribution in [0.2, 0.25) is 0 Å². The molecule has 0 aromatic rings. The van der Waals surface area contributed by atoms with Gasteiger partial charge >= 0.3 is 0 Å². The molecule has 2 saturated carbocycles. The fourth-order valence-corrected chi connectivity index (χ4v) is 2.43. The maximum absolute atomic E-state index is 11.7. The summed E-state index contributed by atoms with van der Waals surface area (Å²) in [7, 11) is 0. The molecule has 4 heteroatoms. The number of hydrogen-bond acceptors (Lipinski definition) is 3. The van der Waals surface area contributed by atoms with Crippen LogP contribution in [0.1, 0.15) is 39.0 Å². The summed E-state index contributed by atoms with van der Waals surface area (Å²) < 4.78 is 0. The maximum atomic E-state index is 11.7. The Morgan fingerprint density at radius 1 is 1.38 bits per heavy atom. The summed E-state index contributed by atoms with van der Waals surface area (Å²) in [6.45, 7) is 2.14. The number of rotatable bonds is 5. The molecule has 0 aliphatic heterocycles. The van der Waals surface area contributed by atoms with Crippen LogP contribution in [0.5, 0.6) is 0 Å². The Balaban J connectivity index is 1.76. The van der Waals surface area contributed by atoms with Gasteiger partial charge in [0.1, 0.15) is 0 Å². The molecule has 3 atom stereocenters. The number of aliphatic hydroxyl groups is 1. The van der Waals surface area contributed by atoms with E-state index in [0.29, 0.717) is 18.0 Å². The van der Waals surface area contributed by atoms with Crippen molar-refractivity contribution in [2.45, 2.75) is 57.2 Å². The molecule has 92 valence electrons. The van der Waals surface area contributed by atoms with Gasteiger partial charge in [-0.3, -0.25) is 4.79 Å². The second-order valence-electron chi connectivity index (χ2n) is 5.15. The highest BCUT2D eigenvalue weighted by Gasteiger charge is 2.30. The SMILES string of the molecule is CC(NC1CCCC1CO)C(=O)NC1CC1. The van der Waals surface area contributed by atoms with Crippen molar-refractivity contribution in [1.29, 1.82) is 0 Å². The molecule has 2 aliphatic carbocycles. The molecule has 2 fully saturated rings. The second-order valence-corrected chi connectivity index (χ2v) is 5.15. The first-order valence-electron chi connectivity index (χ1n) is 6.38. The van der Waals surface area contributed by atoms with Gasteiger partial charge in [-0.15, -0.1) is 0 Å². The number of amides is 1. The minimum absolute atomic E-state index is 0.103. The molecule has 4 nitrogen and oxygen atoms in total. The highest BCUT2D eigenvalue weighted by Crippen LogP contribution is 2.25. The molecule has 0 radical (unpaired) electrons. The predicted octanol–water partition coefficient (Wildman–Crippen LogP) is 0.404. The van der Waals surface area contributed by atoms with Gasteiger partial charge in [0.25, 0.3) is 0 Å². The first kappa shape index (κ1) is 11.9. The second kappa shape index (κ2) is 5.15. The Morgan fingerprint density at radius 3 is 2.75 bits per heavy atom. The van der Waals surface area contributed by atoms with Gasteiger partial charge in [-0.25, -0.2) is 0 Å². The summed E-state index contributed by atoms with van der Waals surface area (Å²) in [5.41, 5.74) is 0. The average Bonchev–Trinajstić information content (AvgIpc) is 2.96. The Bertz CT molecular complexity index is 253. The lowest BCUT2D eigenvalue weighted by Gasteiger charge is -2.23. The van der Waals surface area contributed by atoms with E-state index in [1.54, 1.807) is 0 Å². The van der Waals surface area contributed by atoms with E-state index in [0.717, 1.165) is 32.1 Å². The molecule has 3 unspecified atom stereocenters. The van der Waals surface area contributed by atoms with Crippen LogP contribution in [-0.4, -0.2) is 35.7 Å². The molecule has 3 N–H and O–H groups in total. The van der Waals surface area contributed by atoms with Crippen molar-refractivity contribution < 1.29 is 9.90 Å². The molecule has 0 aromatic carbocycles. The highest BCUT2D eigenvalue weighted by atomic mass is 16.3. The molecule has 16 heavy (non-hydrogen) atoms.